The van der Waals surface area contributed by atoms with Gasteiger partial charge in [0.05, 0.1) is 6.61 Å². The molecule has 5 heteroatoms. The summed E-state index contributed by atoms with van der Waals surface area (Å²) in [5.41, 5.74) is 1.27. The minimum absolute atomic E-state index is 0.0428. The number of hydrogen-bond acceptors (Lipinski definition) is 2. The number of amides is 2. The second-order valence-electron chi connectivity index (χ2n) is 4.97. The lowest BCUT2D eigenvalue weighted by atomic mass is 9.64. The van der Waals surface area contributed by atoms with Crippen molar-refractivity contribution >= 4 is 17.6 Å². The Kier molecular flexibility index (Phi) is 4.66. The predicted octanol–water partition coefficient (Wildman–Crippen LogP) is 2.05. The number of aliphatic hydroxyl groups is 1. The summed E-state index contributed by atoms with van der Waals surface area (Å²) >= 11 is 5.90. The first-order valence-corrected chi connectivity index (χ1v) is 6.93. The van der Waals surface area contributed by atoms with E-state index in [0.29, 0.717) is 6.54 Å². The molecular weight excluding hydrogens is 264 g/mol. The number of rotatable bonds is 5. The van der Waals surface area contributed by atoms with Gasteiger partial charge >= 0.3 is 6.03 Å². The Morgan fingerprint density at radius 3 is 2.47 bits per heavy atom. The summed E-state index contributed by atoms with van der Waals surface area (Å²) in [5.74, 6) is 0. The fourth-order valence-corrected chi connectivity index (χ4v) is 2.58. The number of benzene rings is 1. The summed E-state index contributed by atoms with van der Waals surface area (Å²) in [6.07, 6.45) is 3.34. The molecule has 0 spiro atoms. The summed E-state index contributed by atoms with van der Waals surface area (Å²) in [6.45, 7) is 0.849. The van der Waals surface area contributed by atoms with Crippen LogP contribution < -0.4 is 10.6 Å². The molecule has 19 heavy (non-hydrogen) atoms. The lowest BCUT2D eigenvalue weighted by Gasteiger charge is -2.42. The van der Waals surface area contributed by atoms with E-state index in [9.17, 15) is 4.79 Å². The molecule has 0 radical (unpaired) electrons. The van der Waals surface area contributed by atoms with E-state index in [4.69, 9.17) is 16.7 Å². The molecule has 1 aliphatic rings. The van der Waals surface area contributed by atoms with Crippen LogP contribution in [0.5, 0.6) is 0 Å². The number of aliphatic hydroxyl groups excluding tert-OH is 1. The van der Waals surface area contributed by atoms with Gasteiger partial charge in [0.2, 0.25) is 0 Å². The molecule has 2 rings (SSSR count). The summed E-state index contributed by atoms with van der Waals surface area (Å²) in [4.78, 5) is 11.5. The molecule has 2 amide bonds. The van der Waals surface area contributed by atoms with Crippen molar-refractivity contribution in [2.45, 2.75) is 24.7 Å². The molecule has 0 atom stereocenters. The van der Waals surface area contributed by atoms with Crippen molar-refractivity contribution in [1.82, 2.24) is 10.6 Å². The van der Waals surface area contributed by atoms with Crippen molar-refractivity contribution in [3.63, 3.8) is 0 Å². The molecule has 0 bridgehead atoms. The van der Waals surface area contributed by atoms with E-state index < -0.39 is 0 Å². The number of halogens is 1. The standard InChI is InChI=1S/C14H19ClN2O2/c15-12-4-2-11(3-5-12)14(6-1-7-14)10-17-13(19)16-8-9-18/h2-5,18H,1,6-10H2,(H2,16,17,19). The van der Waals surface area contributed by atoms with E-state index in [-0.39, 0.29) is 24.6 Å². The minimum Gasteiger partial charge on any atom is -0.395 e. The monoisotopic (exact) mass is 282 g/mol. The van der Waals surface area contributed by atoms with Crippen molar-refractivity contribution in [2.75, 3.05) is 19.7 Å². The van der Waals surface area contributed by atoms with Crippen molar-refractivity contribution in [1.29, 1.82) is 0 Å². The van der Waals surface area contributed by atoms with Gasteiger partial charge in [0.25, 0.3) is 0 Å². The topological polar surface area (TPSA) is 61.4 Å². The van der Waals surface area contributed by atoms with Gasteiger partial charge in [-0.3, -0.25) is 0 Å². The fourth-order valence-electron chi connectivity index (χ4n) is 2.46. The first-order valence-electron chi connectivity index (χ1n) is 6.55. The number of hydrogen-bond donors (Lipinski definition) is 3. The molecule has 1 aliphatic carbocycles. The zero-order valence-corrected chi connectivity index (χ0v) is 11.5. The van der Waals surface area contributed by atoms with Crippen molar-refractivity contribution in [3.05, 3.63) is 34.9 Å². The van der Waals surface area contributed by atoms with Gasteiger partial charge in [0, 0.05) is 23.5 Å². The maximum absolute atomic E-state index is 11.5. The van der Waals surface area contributed by atoms with Gasteiger partial charge in [0.1, 0.15) is 0 Å². The van der Waals surface area contributed by atoms with Crippen molar-refractivity contribution in [3.8, 4) is 0 Å². The highest BCUT2D eigenvalue weighted by Crippen LogP contribution is 2.43. The molecule has 1 aromatic rings. The van der Waals surface area contributed by atoms with Crippen LogP contribution in [-0.4, -0.2) is 30.8 Å². The smallest absolute Gasteiger partial charge is 0.314 e. The van der Waals surface area contributed by atoms with Gasteiger partial charge in [0.15, 0.2) is 0 Å². The van der Waals surface area contributed by atoms with Crippen LogP contribution in [0.3, 0.4) is 0 Å². The molecule has 104 valence electrons. The highest BCUT2D eigenvalue weighted by Gasteiger charge is 2.38. The van der Waals surface area contributed by atoms with Crippen LogP contribution in [0, 0.1) is 0 Å². The number of carbonyl (C=O) groups excluding carboxylic acids is 1. The molecule has 0 heterocycles. The molecule has 3 N–H and O–H groups in total. The predicted molar refractivity (Wildman–Crippen MR) is 75.5 cm³/mol. The third-order valence-corrected chi connectivity index (χ3v) is 4.00. The highest BCUT2D eigenvalue weighted by molar-refractivity contribution is 6.30. The first-order chi connectivity index (χ1) is 9.16. The Morgan fingerprint density at radius 2 is 1.95 bits per heavy atom. The second-order valence-corrected chi connectivity index (χ2v) is 5.41. The highest BCUT2D eigenvalue weighted by atomic mass is 35.5. The van der Waals surface area contributed by atoms with Crippen LogP contribution >= 0.6 is 11.6 Å². The summed E-state index contributed by atoms with van der Waals surface area (Å²) in [6, 6.07) is 7.63. The molecule has 0 aliphatic heterocycles. The molecular formula is C14H19ClN2O2. The Bertz CT molecular complexity index is 430. The second kappa shape index (κ2) is 6.26. The van der Waals surface area contributed by atoms with Crippen LogP contribution in [0.4, 0.5) is 4.79 Å². The van der Waals surface area contributed by atoms with E-state index in [2.05, 4.69) is 10.6 Å². The van der Waals surface area contributed by atoms with Gasteiger partial charge in [-0.25, -0.2) is 4.79 Å². The van der Waals surface area contributed by atoms with Crippen LogP contribution in [-0.2, 0) is 5.41 Å². The third-order valence-electron chi connectivity index (χ3n) is 3.75. The average Bonchev–Trinajstić information content (AvgIpc) is 2.37. The van der Waals surface area contributed by atoms with E-state index >= 15 is 0 Å². The minimum atomic E-state index is -0.228. The van der Waals surface area contributed by atoms with Crippen LogP contribution in [0.1, 0.15) is 24.8 Å². The Hall–Kier alpha value is -1.26. The number of urea groups is 1. The van der Waals surface area contributed by atoms with Gasteiger partial charge in [-0.2, -0.15) is 0 Å². The summed E-state index contributed by atoms with van der Waals surface area (Å²) < 4.78 is 0. The summed E-state index contributed by atoms with van der Waals surface area (Å²) in [7, 11) is 0. The van der Waals surface area contributed by atoms with E-state index in [1.165, 1.54) is 12.0 Å². The third kappa shape index (κ3) is 3.39. The molecule has 1 aromatic carbocycles. The quantitative estimate of drug-likeness (QED) is 0.774. The normalized spacial score (nSPS) is 16.5. The average molecular weight is 283 g/mol. The molecule has 1 saturated carbocycles. The van der Waals surface area contributed by atoms with Crippen molar-refractivity contribution < 1.29 is 9.90 Å². The molecule has 0 unspecified atom stereocenters. The Morgan fingerprint density at radius 1 is 1.26 bits per heavy atom. The van der Waals surface area contributed by atoms with E-state index in [1.807, 2.05) is 24.3 Å². The zero-order valence-electron chi connectivity index (χ0n) is 10.8. The number of carbonyl (C=O) groups is 1. The lowest BCUT2D eigenvalue weighted by molar-refractivity contribution is 0.212. The maximum atomic E-state index is 11.5. The molecule has 0 saturated heterocycles. The molecule has 1 fully saturated rings. The number of nitrogens with one attached hydrogen (secondary N) is 2. The zero-order chi connectivity index (χ0) is 13.7. The van der Waals surface area contributed by atoms with Gasteiger partial charge < -0.3 is 15.7 Å². The van der Waals surface area contributed by atoms with Gasteiger partial charge in [-0.15, -0.1) is 0 Å². The Labute approximate surface area is 118 Å². The lowest BCUT2D eigenvalue weighted by Crippen LogP contribution is -2.48. The van der Waals surface area contributed by atoms with E-state index in [0.717, 1.165) is 17.9 Å². The van der Waals surface area contributed by atoms with Crippen LogP contribution in [0.15, 0.2) is 24.3 Å². The van der Waals surface area contributed by atoms with Gasteiger partial charge in [-0.05, 0) is 30.5 Å². The van der Waals surface area contributed by atoms with Crippen molar-refractivity contribution in [2.24, 2.45) is 0 Å². The largest absolute Gasteiger partial charge is 0.395 e. The first kappa shape index (κ1) is 14.2. The SMILES string of the molecule is O=C(NCCO)NCC1(c2ccc(Cl)cc2)CCC1. The van der Waals surface area contributed by atoms with Crippen LogP contribution in [0.25, 0.3) is 0 Å². The van der Waals surface area contributed by atoms with E-state index in [1.54, 1.807) is 0 Å². The maximum Gasteiger partial charge on any atom is 0.314 e. The fraction of sp³-hybridized carbons (Fsp3) is 0.500. The molecule has 0 aromatic heterocycles. The molecule has 4 nitrogen and oxygen atoms in total. The summed E-state index contributed by atoms with van der Waals surface area (Å²) in [5, 5.41) is 14.8. The Balaban J connectivity index is 1.95. The van der Waals surface area contributed by atoms with Gasteiger partial charge in [-0.1, -0.05) is 30.2 Å². The van der Waals surface area contributed by atoms with Crippen LogP contribution in [0.2, 0.25) is 5.02 Å².